The normalized spacial score (nSPS) is 22.7. The van der Waals surface area contributed by atoms with Gasteiger partial charge in [0, 0.05) is 6.04 Å². The highest BCUT2D eigenvalue weighted by molar-refractivity contribution is 7.80. The van der Waals surface area contributed by atoms with E-state index in [4.69, 9.17) is 12.2 Å². The van der Waals surface area contributed by atoms with Gasteiger partial charge in [0.05, 0.1) is 12.1 Å². The van der Waals surface area contributed by atoms with E-state index in [1.54, 1.807) is 0 Å². The number of thiocarbonyl (C=S) groups is 1. The molecule has 1 aromatic rings. The van der Waals surface area contributed by atoms with Gasteiger partial charge in [0.2, 0.25) is 0 Å². The molecule has 1 aliphatic carbocycles. The molecule has 1 unspecified atom stereocenters. The van der Waals surface area contributed by atoms with Crippen LogP contribution >= 0.6 is 12.2 Å². The highest BCUT2D eigenvalue weighted by atomic mass is 32.1. The Balaban J connectivity index is 1.93. The summed E-state index contributed by atoms with van der Waals surface area (Å²) in [6.07, 6.45) is 5.11. The number of carbonyl (C=O) groups excluding carboxylic acids is 1. The molecule has 1 atom stereocenters. The quantitative estimate of drug-likeness (QED) is 0.859. The second-order valence-corrected chi connectivity index (χ2v) is 6.47. The second-order valence-electron chi connectivity index (χ2n) is 6.10. The van der Waals surface area contributed by atoms with Crippen LogP contribution in [0.15, 0.2) is 30.3 Å². The number of carboxylic acid groups (broad SMARTS) is 1. The number of carbonyl (C=O) groups is 2. The van der Waals surface area contributed by atoms with Crippen LogP contribution in [0.3, 0.4) is 0 Å². The van der Waals surface area contributed by atoms with Crippen LogP contribution in [0.25, 0.3) is 0 Å². The highest BCUT2D eigenvalue weighted by Crippen LogP contribution is 2.33. The average molecular weight is 332 g/mol. The summed E-state index contributed by atoms with van der Waals surface area (Å²) < 4.78 is 0. The number of hydrogen-bond donors (Lipinski definition) is 1. The van der Waals surface area contributed by atoms with Crippen molar-refractivity contribution >= 4 is 34.9 Å². The summed E-state index contributed by atoms with van der Waals surface area (Å²) in [4.78, 5) is 27.5. The van der Waals surface area contributed by atoms with Crippen molar-refractivity contribution in [2.24, 2.45) is 0 Å². The molecule has 0 spiro atoms. The van der Waals surface area contributed by atoms with Gasteiger partial charge in [0.15, 0.2) is 5.11 Å². The summed E-state index contributed by atoms with van der Waals surface area (Å²) in [6, 6.07) is 8.70. The predicted octanol–water partition coefficient (Wildman–Crippen LogP) is 2.80. The monoisotopic (exact) mass is 332 g/mol. The summed E-state index contributed by atoms with van der Waals surface area (Å²) >= 11 is 5.57. The molecule has 0 radical (unpaired) electrons. The molecular formula is C17H20N2O3S. The molecule has 1 heterocycles. The lowest BCUT2D eigenvalue weighted by Crippen LogP contribution is -2.45. The van der Waals surface area contributed by atoms with Crippen molar-refractivity contribution in [1.29, 1.82) is 0 Å². The summed E-state index contributed by atoms with van der Waals surface area (Å²) in [7, 11) is 0. The molecule has 6 heteroatoms. The maximum atomic E-state index is 12.8. The van der Waals surface area contributed by atoms with Gasteiger partial charge in [0.25, 0.3) is 5.91 Å². The Bertz CT molecular complexity index is 614. The minimum atomic E-state index is -0.970. The first-order valence-electron chi connectivity index (χ1n) is 8.02. The molecule has 3 rings (SSSR count). The fourth-order valence-corrected chi connectivity index (χ4v) is 4.02. The zero-order valence-electron chi connectivity index (χ0n) is 12.9. The third-order valence-electron chi connectivity index (χ3n) is 4.60. The van der Waals surface area contributed by atoms with Crippen molar-refractivity contribution < 1.29 is 14.7 Å². The van der Waals surface area contributed by atoms with Crippen LogP contribution in [-0.4, -0.2) is 39.1 Å². The molecule has 1 saturated carbocycles. The first-order valence-corrected chi connectivity index (χ1v) is 8.43. The molecule has 1 aromatic carbocycles. The van der Waals surface area contributed by atoms with Gasteiger partial charge in [-0.3, -0.25) is 14.5 Å². The molecule has 122 valence electrons. The Morgan fingerprint density at radius 1 is 1.17 bits per heavy atom. The third-order valence-corrected chi connectivity index (χ3v) is 5.00. The minimum Gasteiger partial charge on any atom is -0.481 e. The van der Waals surface area contributed by atoms with Crippen molar-refractivity contribution in [3.8, 4) is 0 Å². The van der Waals surface area contributed by atoms with Crippen LogP contribution in [-0.2, 0) is 9.59 Å². The average Bonchev–Trinajstić information content (AvgIpc) is 2.79. The maximum Gasteiger partial charge on any atom is 0.305 e. The van der Waals surface area contributed by atoms with Crippen molar-refractivity contribution in [3.63, 3.8) is 0 Å². The lowest BCUT2D eigenvalue weighted by Gasteiger charge is -2.35. The molecular weight excluding hydrogens is 312 g/mol. The smallest absolute Gasteiger partial charge is 0.305 e. The Labute approximate surface area is 140 Å². The van der Waals surface area contributed by atoms with Crippen molar-refractivity contribution in [2.45, 2.75) is 50.6 Å². The van der Waals surface area contributed by atoms with Gasteiger partial charge in [0.1, 0.15) is 6.04 Å². The van der Waals surface area contributed by atoms with Gasteiger partial charge < -0.3 is 10.0 Å². The predicted molar refractivity (Wildman–Crippen MR) is 91.3 cm³/mol. The molecule has 0 bridgehead atoms. The molecule has 1 saturated heterocycles. The van der Waals surface area contributed by atoms with E-state index in [0.717, 1.165) is 25.7 Å². The van der Waals surface area contributed by atoms with E-state index < -0.39 is 12.0 Å². The SMILES string of the molecule is O=C(O)CC1C(=O)N(c2ccccc2)C(=S)N1C1CCCCC1. The van der Waals surface area contributed by atoms with Crippen molar-refractivity contribution in [2.75, 3.05) is 4.90 Å². The molecule has 23 heavy (non-hydrogen) atoms. The van der Waals surface area contributed by atoms with Crippen molar-refractivity contribution in [1.82, 2.24) is 4.90 Å². The van der Waals surface area contributed by atoms with E-state index in [-0.39, 0.29) is 18.4 Å². The Kier molecular flexibility index (Phi) is 4.61. The van der Waals surface area contributed by atoms with Gasteiger partial charge in [-0.1, -0.05) is 37.5 Å². The lowest BCUT2D eigenvalue weighted by atomic mass is 9.93. The number of amides is 1. The summed E-state index contributed by atoms with van der Waals surface area (Å²) in [5.74, 6) is -1.20. The first-order chi connectivity index (χ1) is 11.1. The van der Waals surface area contributed by atoms with Crippen LogP contribution in [0, 0.1) is 0 Å². The Morgan fingerprint density at radius 3 is 2.43 bits per heavy atom. The van der Waals surface area contributed by atoms with E-state index in [9.17, 15) is 14.7 Å². The van der Waals surface area contributed by atoms with Gasteiger partial charge in [-0.15, -0.1) is 0 Å². The standard InChI is InChI=1S/C17H20N2O3S/c20-15(21)11-14-16(22)19(13-9-5-2-6-10-13)17(23)18(14)12-7-3-1-4-8-12/h2,5-6,9-10,12,14H,1,3-4,7-8,11H2,(H,20,21). The fourth-order valence-electron chi connectivity index (χ4n) is 3.55. The molecule has 5 nitrogen and oxygen atoms in total. The Hall–Kier alpha value is -1.95. The number of anilines is 1. The maximum absolute atomic E-state index is 12.8. The summed E-state index contributed by atoms with van der Waals surface area (Å²) in [6.45, 7) is 0. The molecule has 1 aliphatic heterocycles. The minimum absolute atomic E-state index is 0.165. The number of benzene rings is 1. The zero-order chi connectivity index (χ0) is 16.4. The topological polar surface area (TPSA) is 60.9 Å². The number of rotatable bonds is 4. The Morgan fingerprint density at radius 2 is 1.83 bits per heavy atom. The van der Waals surface area contributed by atoms with E-state index in [0.29, 0.717) is 10.8 Å². The molecule has 1 N–H and O–H groups in total. The van der Waals surface area contributed by atoms with E-state index in [2.05, 4.69) is 0 Å². The van der Waals surface area contributed by atoms with Crippen LogP contribution in [0.1, 0.15) is 38.5 Å². The number of aliphatic carboxylic acids is 1. The largest absolute Gasteiger partial charge is 0.481 e. The van der Waals surface area contributed by atoms with E-state index in [1.165, 1.54) is 11.3 Å². The number of para-hydroxylation sites is 1. The summed E-state index contributed by atoms with van der Waals surface area (Å²) in [5, 5.41) is 9.65. The van der Waals surface area contributed by atoms with Gasteiger partial charge in [-0.25, -0.2) is 0 Å². The number of hydrogen-bond acceptors (Lipinski definition) is 3. The van der Waals surface area contributed by atoms with Gasteiger partial charge in [-0.2, -0.15) is 0 Å². The lowest BCUT2D eigenvalue weighted by molar-refractivity contribution is -0.140. The molecule has 2 fully saturated rings. The number of nitrogens with zero attached hydrogens (tertiary/aromatic N) is 2. The fraction of sp³-hybridized carbons (Fsp3) is 0.471. The molecule has 1 amide bonds. The van der Waals surface area contributed by atoms with Crippen LogP contribution in [0.2, 0.25) is 0 Å². The van der Waals surface area contributed by atoms with Crippen LogP contribution in [0.5, 0.6) is 0 Å². The second kappa shape index (κ2) is 6.66. The van der Waals surface area contributed by atoms with Gasteiger partial charge >= 0.3 is 5.97 Å². The van der Waals surface area contributed by atoms with E-state index >= 15 is 0 Å². The van der Waals surface area contributed by atoms with Crippen molar-refractivity contribution in [3.05, 3.63) is 30.3 Å². The molecule has 0 aromatic heterocycles. The first kappa shape index (κ1) is 15.9. The van der Waals surface area contributed by atoms with E-state index in [1.807, 2.05) is 35.2 Å². The zero-order valence-corrected chi connectivity index (χ0v) is 13.7. The highest BCUT2D eigenvalue weighted by Gasteiger charge is 2.46. The van der Waals surface area contributed by atoms with Crippen LogP contribution < -0.4 is 4.90 Å². The van der Waals surface area contributed by atoms with Crippen LogP contribution in [0.4, 0.5) is 5.69 Å². The third kappa shape index (κ3) is 3.08. The molecule has 2 aliphatic rings. The number of carboxylic acids is 1. The van der Waals surface area contributed by atoms with Gasteiger partial charge in [-0.05, 0) is 37.2 Å². The summed E-state index contributed by atoms with van der Waals surface area (Å²) in [5.41, 5.74) is 0.705.